The molecule has 1 N–H and O–H groups in total. The number of nitrogens with zero attached hydrogens (tertiary/aromatic N) is 1. The normalized spacial score (nSPS) is 29.4. The van der Waals surface area contributed by atoms with Crippen molar-refractivity contribution in [2.75, 3.05) is 19.6 Å². The average molecular weight is 220 g/mol. The summed E-state index contributed by atoms with van der Waals surface area (Å²) < 4.78 is 0. The van der Waals surface area contributed by atoms with Crippen molar-refractivity contribution < 1.29 is 0 Å². The molecule has 2 aliphatic rings. The van der Waals surface area contributed by atoms with Crippen LogP contribution in [0.25, 0.3) is 0 Å². The van der Waals surface area contributed by atoms with Crippen molar-refractivity contribution >= 4 is 0 Å². The Bertz CT molecular complexity index is 260. The lowest BCUT2D eigenvalue weighted by molar-refractivity contribution is 0.0885. The topological polar surface area (TPSA) is 15.3 Å². The van der Waals surface area contributed by atoms with Crippen molar-refractivity contribution in [1.29, 1.82) is 0 Å². The molecular weight excluding hydrogens is 196 g/mol. The summed E-state index contributed by atoms with van der Waals surface area (Å²) in [5.41, 5.74) is 0.447. The van der Waals surface area contributed by atoms with Gasteiger partial charge in [0, 0.05) is 31.1 Å². The molecule has 1 aliphatic carbocycles. The van der Waals surface area contributed by atoms with Gasteiger partial charge in [0.1, 0.15) is 0 Å². The summed E-state index contributed by atoms with van der Waals surface area (Å²) in [5.74, 6) is 2.74. The number of hydrogen-bond acceptors (Lipinski definition) is 2. The van der Waals surface area contributed by atoms with Crippen LogP contribution in [0.2, 0.25) is 0 Å². The van der Waals surface area contributed by atoms with E-state index in [4.69, 9.17) is 6.42 Å². The van der Waals surface area contributed by atoms with Crippen LogP contribution in [0.3, 0.4) is 0 Å². The number of unbranched alkanes of at least 4 members (excludes halogenated alkanes) is 1. The van der Waals surface area contributed by atoms with Crippen LogP contribution in [0.15, 0.2) is 0 Å². The molecule has 2 heteroatoms. The second-order valence-electron chi connectivity index (χ2n) is 5.50. The van der Waals surface area contributed by atoms with Crippen molar-refractivity contribution in [2.24, 2.45) is 0 Å². The fourth-order valence-corrected chi connectivity index (χ4v) is 3.16. The summed E-state index contributed by atoms with van der Waals surface area (Å²) in [6.45, 7) is 5.88. The van der Waals surface area contributed by atoms with Gasteiger partial charge in [-0.3, -0.25) is 4.90 Å². The molecule has 0 aromatic heterocycles. The third-order valence-electron chi connectivity index (χ3n) is 4.23. The maximum Gasteiger partial charge on any atom is 0.0309 e. The molecule has 1 unspecified atom stereocenters. The highest BCUT2D eigenvalue weighted by Crippen LogP contribution is 2.33. The highest BCUT2D eigenvalue weighted by atomic mass is 15.2. The first-order valence-corrected chi connectivity index (χ1v) is 6.68. The highest BCUT2D eigenvalue weighted by Gasteiger charge is 2.39. The third-order valence-corrected chi connectivity index (χ3v) is 4.23. The van der Waals surface area contributed by atoms with Crippen LogP contribution < -0.4 is 5.32 Å². The number of hydrogen-bond donors (Lipinski definition) is 1. The van der Waals surface area contributed by atoms with Crippen molar-refractivity contribution in [2.45, 2.75) is 57.0 Å². The van der Waals surface area contributed by atoms with Crippen LogP contribution >= 0.6 is 0 Å². The fraction of sp³-hybridized carbons (Fsp3) is 0.857. The summed E-state index contributed by atoms with van der Waals surface area (Å²) >= 11 is 0. The molecule has 1 aliphatic heterocycles. The van der Waals surface area contributed by atoms with Gasteiger partial charge in [-0.25, -0.2) is 0 Å². The van der Waals surface area contributed by atoms with Crippen LogP contribution in [0.1, 0.15) is 45.4 Å². The largest absolute Gasteiger partial charge is 0.308 e. The SMILES string of the molecule is C#CCCCN1CC2(CCCC2)NCC1C. The Morgan fingerprint density at radius 1 is 1.44 bits per heavy atom. The molecule has 1 atom stereocenters. The van der Waals surface area contributed by atoms with E-state index in [-0.39, 0.29) is 0 Å². The third kappa shape index (κ3) is 2.59. The highest BCUT2D eigenvalue weighted by molar-refractivity contribution is 5.00. The molecule has 0 aromatic rings. The van der Waals surface area contributed by atoms with E-state index in [0.29, 0.717) is 11.6 Å². The van der Waals surface area contributed by atoms with Crippen molar-refractivity contribution in [3.8, 4) is 12.3 Å². The Morgan fingerprint density at radius 2 is 2.19 bits per heavy atom. The van der Waals surface area contributed by atoms with Gasteiger partial charge < -0.3 is 5.32 Å². The number of rotatable bonds is 3. The van der Waals surface area contributed by atoms with Gasteiger partial charge in [-0.05, 0) is 32.7 Å². The van der Waals surface area contributed by atoms with Gasteiger partial charge in [0.25, 0.3) is 0 Å². The zero-order valence-electron chi connectivity index (χ0n) is 10.5. The number of terminal acetylenes is 1. The van der Waals surface area contributed by atoms with Crippen LogP contribution in [0.5, 0.6) is 0 Å². The Kier molecular flexibility index (Phi) is 3.89. The van der Waals surface area contributed by atoms with Gasteiger partial charge in [-0.1, -0.05) is 12.8 Å². The van der Waals surface area contributed by atoms with Crippen LogP contribution in [0.4, 0.5) is 0 Å². The molecule has 0 radical (unpaired) electrons. The van der Waals surface area contributed by atoms with Gasteiger partial charge in [0.2, 0.25) is 0 Å². The monoisotopic (exact) mass is 220 g/mol. The molecule has 2 fully saturated rings. The zero-order valence-corrected chi connectivity index (χ0v) is 10.5. The molecule has 2 rings (SSSR count). The summed E-state index contributed by atoms with van der Waals surface area (Å²) in [4.78, 5) is 2.64. The molecule has 0 aromatic carbocycles. The van der Waals surface area contributed by atoms with E-state index in [2.05, 4.69) is 23.1 Å². The van der Waals surface area contributed by atoms with Crippen LogP contribution in [-0.2, 0) is 0 Å². The smallest absolute Gasteiger partial charge is 0.0309 e. The number of piperazine rings is 1. The lowest BCUT2D eigenvalue weighted by Crippen LogP contribution is -2.62. The standard InChI is InChI=1S/C14H24N2/c1-3-4-7-10-16-12-14(8-5-6-9-14)15-11-13(16)2/h1,13,15H,4-12H2,2H3. The Labute approximate surface area is 99.8 Å². The predicted molar refractivity (Wildman–Crippen MR) is 68.3 cm³/mol. The maximum absolute atomic E-state index is 5.31. The Hall–Kier alpha value is -0.520. The molecule has 16 heavy (non-hydrogen) atoms. The Balaban J connectivity index is 1.87. The van der Waals surface area contributed by atoms with E-state index in [1.54, 1.807) is 0 Å². The summed E-state index contributed by atoms with van der Waals surface area (Å²) in [6, 6.07) is 0.670. The molecule has 1 spiro atoms. The lowest BCUT2D eigenvalue weighted by atomic mass is 9.92. The molecule has 0 bridgehead atoms. The van der Waals surface area contributed by atoms with Gasteiger partial charge in [0.05, 0.1) is 0 Å². The summed E-state index contributed by atoms with van der Waals surface area (Å²) in [6.07, 6.45) is 12.9. The molecule has 2 nitrogen and oxygen atoms in total. The van der Waals surface area contributed by atoms with Crippen molar-refractivity contribution in [3.05, 3.63) is 0 Å². The maximum atomic E-state index is 5.31. The van der Waals surface area contributed by atoms with E-state index in [9.17, 15) is 0 Å². The van der Waals surface area contributed by atoms with Crippen LogP contribution in [-0.4, -0.2) is 36.1 Å². The molecule has 1 saturated heterocycles. The average Bonchev–Trinajstić information content (AvgIpc) is 2.73. The van der Waals surface area contributed by atoms with Crippen molar-refractivity contribution in [3.63, 3.8) is 0 Å². The van der Waals surface area contributed by atoms with E-state index in [1.165, 1.54) is 38.8 Å². The van der Waals surface area contributed by atoms with Gasteiger partial charge in [-0.2, -0.15) is 0 Å². The fourth-order valence-electron chi connectivity index (χ4n) is 3.16. The zero-order chi connectivity index (χ0) is 11.4. The second kappa shape index (κ2) is 5.21. The van der Waals surface area contributed by atoms with Gasteiger partial charge >= 0.3 is 0 Å². The molecule has 1 saturated carbocycles. The molecule has 90 valence electrons. The van der Waals surface area contributed by atoms with Crippen molar-refractivity contribution in [1.82, 2.24) is 10.2 Å². The second-order valence-corrected chi connectivity index (χ2v) is 5.50. The van der Waals surface area contributed by atoms with E-state index >= 15 is 0 Å². The quantitative estimate of drug-likeness (QED) is 0.578. The van der Waals surface area contributed by atoms with Crippen LogP contribution in [0, 0.1) is 12.3 Å². The summed E-state index contributed by atoms with van der Waals surface area (Å²) in [7, 11) is 0. The van der Waals surface area contributed by atoms with Gasteiger partial charge in [0.15, 0.2) is 0 Å². The minimum Gasteiger partial charge on any atom is -0.308 e. The molecular formula is C14H24N2. The Morgan fingerprint density at radius 3 is 2.88 bits per heavy atom. The molecule has 0 amide bonds. The molecule has 1 heterocycles. The van der Waals surface area contributed by atoms with E-state index < -0.39 is 0 Å². The summed E-state index contributed by atoms with van der Waals surface area (Å²) in [5, 5.41) is 3.78. The number of nitrogens with one attached hydrogen (secondary N) is 1. The minimum atomic E-state index is 0.447. The first-order chi connectivity index (χ1) is 7.76. The van der Waals surface area contributed by atoms with E-state index in [1.807, 2.05) is 0 Å². The first-order valence-electron chi connectivity index (χ1n) is 6.68. The predicted octanol–water partition coefficient (Wildman–Crippen LogP) is 2.01. The lowest BCUT2D eigenvalue weighted by Gasteiger charge is -2.45. The van der Waals surface area contributed by atoms with Gasteiger partial charge in [-0.15, -0.1) is 12.3 Å². The minimum absolute atomic E-state index is 0.447. The van der Waals surface area contributed by atoms with E-state index in [0.717, 1.165) is 19.4 Å². The first kappa shape index (κ1) is 12.0.